The lowest BCUT2D eigenvalue weighted by atomic mass is 9.86. The van der Waals surface area contributed by atoms with E-state index in [0.29, 0.717) is 5.92 Å². The highest BCUT2D eigenvalue weighted by Crippen LogP contribution is 2.35. The number of likely N-dealkylation sites (N-methyl/N-ethyl adjacent to an activating group) is 1. The highest BCUT2D eigenvalue weighted by atomic mass is 32.1. The first-order valence-corrected chi connectivity index (χ1v) is 10.6. The summed E-state index contributed by atoms with van der Waals surface area (Å²) >= 11 is 1.77. The minimum absolute atomic E-state index is 0.364. The lowest BCUT2D eigenvalue weighted by Gasteiger charge is -2.34. The Kier molecular flexibility index (Phi) is 4.18. The Hall–Kier alpha value is -1.91. The van der Waals surface area contributed by atoms with Gasteiger partial charge in [0.25, 0.3) is 0 Å². The molecule has 0 radical (unpaired) electrons. The van der Waals surface area contributed by atoms with Crippen molar-refractivity contribution in [2.24, 2.45) is 0 Å². The lowest BCUT2D eigenvalue weighted by Crippen LogP contribution is -2.33. The van der Waals surface area contributed by atoms with Gasteiger partial charge in [0.15, 0.2) is 0 Å². The monoisotopic (exact) mass is 363 g/mol. The SMILES string of the molecule is CN1Cc2cc(N3CCCCC3)ccc2C(c2ccc3sccc3n2)C1. The summed E-state index contributed by atoms with van der Waals surface area (Å²) in [7, 11) is 2.23. The molecule has 1 fully saturated rings. The molecular weight excluding hydrogens is 338 g/mol. The van der Waals surface area contributed by atoms with Crippen LogP contribution in [0.4, 0.5) is 5.69 Å². The van der Waals surface area contributed by atoms with E-state index in [1.807, 2.05) is 0 Å². The summed E-state index contributed by atoms with van der Waals surface area (Å²) in [6, 6.07) is 13.7. The van der Waals surface area contributed by atoms with Gasteiger partial charge in [-0.25, -0.2) is 0 Å². The summed E-state index contributed by atoms with van der Waals surface area (Å²) in [4.78, 5) is 9.97. The molecule has 1 aromatic carbocycles. The van der Waals surface area contributed by atoms with Gasteiger partial charge in [-0.3, -0.25) is 4.98 Å². The highest BCUT2D eigenvalue weighted by molar-refractivity contribution is 7.17. The molecule has 0 spiro atoms. The molecule has 1 saturated heterocycles. The van der Waals surface area contributed by atoms with Crippen LogP contribution < -0.4 is 4.90 Å². The molecule has 4 heterocycles. The number of nitrogens with zero attached hydrogens (tertiary/aromatic N) is 3. The molecule has 0 N–H and O–H groups in total. The molecule has 1 atom stereocenters. The van der Waals surface area contributed by atoms with Crippen molar-refractivity contribution in [2.45, 2.75) is 31.7 Å². The number of rotatable bonds is 2. The van der Waals surface area contributed by atoms with Gasteiger partial charge in [0.2, 0.25) is 0 Å². The summed E-state index contributed by atoms with van der Waals surface area (Å²) in [5.74, 6) is 0.364. The number of benzene rings is 1. The fourth-order valence-corrected chi connectivity index (χ4v) is 5.22. The van der Waals surface area contributed by atoms with Crippen LogP contribution in [0.15, 0.2) is 41.8 Å². The molecule has 2 aliphatic rings. The maximum absolute atomic E-state index is 4.98. The van der Waals surface area contributed by atoms with E-state index < -0.39 is 0 Å². The van der Waals surface area contributed by atoms with Gasteiger partial charge in [0.1, 0.15) is 0 Å². The van der Waals surface area contributed by atoms with Crippen LogP contribution in [0.25, 0.3) is 10.2 Å². The first-order valence-electron chi connectivity index (χ1n) is 9.68. The van der Waals surface area contributed by atoms with E-state index >= 15 is 0 Å². The fourth-order valence-electron chi connectivity index (χ4n) is 4.50. The van der Waals surface area contributed by atoms with Crippen molar-refractivity contribution < 1.29 is 0 Å². The Morgan fingerprint density at radius 3 is 2.81 bits per heavy atom. The van der Waals surface area contributed by atoms with Crippen molar-refractivity contribution in [1.29, 1.82) is 0 Å². The zero-order valence-electron chi connectivity index (χ0n) is 15.3. The average Bonchev–Trinajstić information content (AvgIpc) is 3.15. The van der Waals surface area contributed by atoms with Crippen LogP contribution in [-0.4, -0.2) is 36.6 Å². The quantitative estimate of drug-likeness (QED) is 0.648. The standard InChI is InChI=1S/C22H25N3S/c1-24-14-16-13-17(25-10-3-2-4-11-25)5-6-18(16)19(15-24)20-7-8-22-21(23-20)9-12-26-22/h5-9,12-13,19H,2-4,10-11,14-15H2,1H3. The minimum atomic E-state index is 0.364. The molecule has 2 aliphatic heterocycles. The lowest BCUT2D eigenvalue weighted by molar-refractivity contribution is 0.293. The van der Waals surface area contributed by atoms with Crippen molar-refractivity contribution in [2.75, 3.05) is 31.6 Å². The molecule has 5 rings (SSSR count). The molecule has 2 aromatic heterocycles. The first-order chi connectivity index (χ1) is 12.8. The van der Waals surface area contributed by atoms with E-state index in [-0.39, 0.29) is 0 Å². The molecule has 4 heteroatoms. The summed E-state index contributed by atoms with van der Waals surface area (Å²) in [6.07, 6.45) is 4.03. The summed E-state index contributed by atoms with van der Waals surface area (Å²) in [5, 5.41) is 2.13. The van der Waals surface area contributed by atoms with Crippen LogP contribution in [0.2, 0.25) is 0 Å². The van der Waals surface area contributed by atoms with Crippen LogP contribution in [-0.2, 0) is 6.54 Å². The Labute approximate surface area is 159 Å². The molecule has 0 saturated carbocycles. The first kappa shape index (κ1) is 16.3. The van der Waals surface area contributed by atoms with Crippen molar-refractivity contribution in [3.8, 4) is 0 Å². The van der Waals surface area contributed by atoms with Crippen LogP contribution in [0.1, 0.15) is 42.0 Å². The van der Waals surface area contributed by atoms with E-state index in [9.17, 15) is 0 Å². The van der Waals surface area contributed by atoms with Gasteiger partial charge >= 0.3 is 0 Å². The molecule has 134 valence electrons. The van der Waals surface area contributed by atoms with E-state index in [4.69, 9.17) is 4.98 Å². The third kappa shape index (κ3) is 2.91. The summed E-state index contributed by atoms with van der Waals surface area (Å²) < 4.78 is 1.28. The van der Waals surface area contributed by atoms with Crippen LogP contribution in [0, 0.1) is 0 Å². The van der Waals surface area contributed by atoms with Gasteiger partial charge in [0.05, 0.1) is 10.2 Å². The van der Waals surface area contributed by atoms with E-state index in [2.05, 4.69) is 58.6 Å². The van der Waals surface area contributed by atoms with Gasteiger partial charge in [-0.1, -0.05) is 6.07 Å². The largest absolute Gasteiger partial charge is 0.372 e. The van der Waals surface area contributed by atoms with Crippen LogP contribution >= 0.6 is 11.3 Å². The molecule has 0 bridgehead atoms. The number of fused-ring (bicyclic) bond motifs is 2. The normalized spacial score (nSPS) is 21.1. The number of hydrogen-bond donors (Lipinski definition) is 0. The number of pyridine rings is 1. The maximum atomic E-state index is 4.98. The number of aromatic nitrogens is 1. The molecular formula is C22H25N3S. The van der Waals surface area contributed by atoms with E-state index in [1.165, 1.54) is 59.6 Å². The van der Waals surface area contributed by atoms with Crippen LogP contribution in [0.5, 0.6) is 0 Å². The summed E-state index contributed by atoms with van der Waals surface area (Å²) in [6.45, 7) is 4.48. The van der Waals surface area contributed by atoms with Crippen molar-refractivity contribution in [1.82, 2.24) is 9.88 Å². The second-order valence-corrected chi connectivity index (χ2v) is 8.67. The maximum Gasteiger partial charge on any atom is 0.0813 e. The zero-order valence-corrected chi connectivity index (χ0v) is 16.1. The Bertz CT molecular complexity index is 926. The Balaban J connectivity index is 1.52. The molecule has 3 nitrogen and oxygen atoms in total. The van der Waals surface area contributed by atoms with Crippen LogP contribution in [0.3, 0.4) is 0 Å². The predicted molar refractivity (Wildman–Crippen MR) is 110 cm³/mol. The number of anilines is 1. The van der Waals surface area contributed by atoms with Gasteiger partial charge in [-0.15, -0.1) is 11.3 Å². The fraction of sp³-hybridized carbons (Fsp3) is 0.409. The van der Waals surface area contributed by atoms with Crippen molar-refractivity contribution in [3.05, 3.63) is 58.6 Å². The van der Waals surface area contributed by atoms with E-state index in [1.54, 1.807) is 11.3 Å². The Morgan fingerprint density at radius 1 is 1.04 bits per heavy atom. The molecule has 3 aromatic rings. The third-order valence-corrected chi connectivity index (χ3v) is 6.71. The van der Waals surface area contributed by atoms with Gasteiger partial charge in [0, 0.05) is 43.5 Å². The second-order valence-electron chi connectivity index (χ2n) is 7.72. The molecule has 0 aliphatic carbocycles. The predicted octanol–water partition coefficient (Wildman–Crippen LogP) is 4.86. The van der Waals surface area contributed by atoms with E-state index in [0.717, 1.165) is 18.6 Å². The van der Waals surface area contributed by atoms with Gasteiger partial charge < -0.3 is 9.80 Å². The van der Waals surface area contributed by atoms with Gasteiger partial charge in [-0.2, -0.15) is 0 Å². The number of hydrogen-bond acceptors (Lipinski definition) is 4. The molecule has 0 amide bonds. The molecule has 1 unspecified atom stereocenters. The smallest absolute Gasteiger partial charge is 0.0813 e. The Morgan fingerprint density at radius 2 is 1.92 bits per heavy atom. The van der Waals surface area contributed by atoms with Crippen molar-refractivity contribution >= 4 is 27.2 Å². The average molecular weight is 364 g/mol. The number of piperidine rings is 1. The second kappa shape index (κ2) is 6.67. The highest BCUT2D eigenvalue weighted by Gasteiger charge is 2.27. The number of thiophene rings is 1. The topological polar surface area (TPSA) is 19.4 Å². The van der Waals surface area contributed by atoms with Gasteiger partial charge in [-0.05, 0) is 73.1 Å². The van der Waals surface area contributed by atoms with Crippen molar-refractivity contribution in [3.63, 3.8) is 0 Å². The zero-order chi connectivity index (χ0) is 17.5. The molecule has 26 heavy (non-hydrogen) atoms. The summed E-state index contributed by atoms with van der Waals surface area (Å²) in [5.41, 5.74) is 6.67. The minimum Gasteiger partial charge on any atom is -0.372 e. The third-order valence-electron chi connectivity index (χ3n) is 5.84.